The van der Waals surface area contributed by atoms with Crippen molar-refractivity contribution in [3.63, 3.8) is 0 Å². The Morgan fingerprint density at radius 1 is 1.15 bits per heavy atom. The number of ketones is 1. The van der Waals surface area contributed by atoms with Crippen molar-refractivity contribution in [2.24, 2.45) is 0 Å². The number of ether oxygens (including phenoxy) is 1. The third-order valence-corrected chi connectivity index (χ3v) is 5.58. The van der Waals surface area contributed by atoms with Gasteiger partial charge in [-0.3, -0.25) is 9.59 Å². The molecule has 0 saturated carbocycles. The number of nitrogens with zero attached hydrogens (tertiary/aromatic N) is 2. The lowest BCUT2D eigenvalue weighted by atomic mass is 9.98. The highest BCUT2D eigenvalue weighted by molar-refractivity contribution is 6.31. The van der Waals surface area contributed by atoms with Crippen molar-refractivity contribution >= 4 is 23.4 Å². The summed E-state index contributed by atoms with van der Waals surface area (Å²) < 4.78 is 6.65. The second kappa shape index (κ2) is 10.8. The normalized spacial score (nSPS) is 11.5. The zero-order valence-corrected chi connectivity index (χ0v) is 19.0. The minimum absolute atomic E-state index is 0.00490. The maximum atomic E-state index is 13.1. The molecule has 0 radical (unpaired) electrons. The van der Waals surface area contributed by atoms with Crippen LogP contribution < -0.4 is 10.3 Å². The lowest BCUT2D eigenvalue weighted by Gasteiger charge is -2.20. The molecular weight excluding hydrogens is 460 g/mol. The molecule has 1 aromatic heterocycles. The standard InChI is InChI=1S/C25H21ClN2O6/c1-34-23-14-28(24(31)12-20(23)19-11-18(26)7-6-17(19)13-27)21(8-9-29)22(30)10-15-2-4-16(5-3-15)25(32)33/h2-7,11-12,14,21,29H,8-10H2,1H3,(H,32,33). The quantitative estimate of drug-likeness (QED) is 0.479. The maximum Gasteiger partial charge on any atom is 0.335 e. The summed E-state index contributed by atoms with van der Waals surface area (Å²) in [5.74, 6) is -1.16. The van der Waals surface area contributed by atoms with Crippen LogP contribution in [0.4, 0.5) is 0 Å². The van der Waals surface area contributed by atoms with Crippen LogP contribution in [0.5, 0.6) is 5.75 Å². The number of rotatable bonds is 9. The first-order valence-electron chi connectivity index (χ1n) is 10.2. The largest absolute Gasteiger partial charge is 0.495 e. The average molecular weight is 481 g/mol. The van der Waals surface area contributed by atoms with Gasteiger partial charge >= 0.3 is 5.97 Å². The van der Waals surface area contributed by atoms with E-state index in [1.165, 1.54) is 54.3 Å². The molecule has 0 amide bonds. The van der Waals surface area contributed by atoms with Gasteiger partial charge in [-0.05, 0) is 42.3 Å². The van der Waals surface area contributed by atoms with E-state index in [-0.39, 0.29) is 36.5 Å². The summed E-state index contributed by atoms with van der Waals surface area (Å²) in [7, 11) is 1.40. The number of halogens is 1. The van der Waals surface area contributed by atoms with Gasteiger partial charge in [0.2, 0.25) is 0 Å². The number of aromatic nitrogens is 1. The number of nitriles is 1. The Labute approximate surface area is 200 Å². The van der Waals surface area contributed by atoms with Gasteiger partial charge in [-0.25, -0.2) is 4.79 Å². The number of methoxy groups -OCH3 is 1. The van der Waals surface area contributed by atoms with Crippen LogP contribution in [0.15, 0.2) is 59.5 Å². The molecule has 0 spiro atoms. The predicted octanol–water partition coefficient (Wildman–Crippen LogP) is 3.48. The molecule has 0 fully saturated rings. The van der Waals surface area contributed by atoms with Crippen molar-refractivity contribution in [2.75, 3.05) is 13.7 Å². The number of hydrogen-bond acceptors (Lipinski definition) is 6. The SMILES string of the molecule is COc1cn(C(CCO)C(=O)Cc2ccc(C(=O)O)cc2)c(=O)cc1-c1cc(Cl)ccc1C#N. The first kappa shape index (κ1) is 24.7. The zero-order chi connectivity index (χ0) is 24.8. The highest BCUT2D eigenvalue weighted by Gasteiger charge is 2.24. The van der Waals surface area contributed by atoms with E-state index in [2.05, 4.69) is 6.07 Å². The molecule has 0 aliphatic rings. The van der Waals surface area contributed by atoms with Gasteiger partial charge in [0.25, 0.3) is 5.56 Å². The van der Waals surface area contributed by atoms with E-state index in [0.29, 0.717) is 27.3 Å². The van der Waals surface area contributed by atoms with E-state index in [9.17, 15) is 24.8 Å². The molecule has 1 unspecified atom stereocenters. The Morgan fingerprint density at radius 2 is 1.85 bits per heavy atom. The van der Waals surface area contributed by atoms with Crippen molar-refractivity contribution < 1.29 is 24.5 Å². The van der Waals surface area contributed by atoms with Crippen molar-refractivity contribution in [1.82, 2.24) is 4.57 Å². The smallest absolute Gasteiger partial charge is 0.335 e. The summed E-state index contributed by atoms with van der Waals surface area (Å²) in [5.41, 5.74) is 1.21. The lowest BCUT2D eigenvalue weighted by Crippen LogP contribution is -2.31. The lowest BCUT2D eigenvalue weighted by molar-refractivity contribution is -0.122. The number of aromatic carboxylic acids is 1. The minimum atomic E-state index is -1.07. The maximum absolute atomic E-state index is 13.1. The van der Waals surface area contributed by atoms with Crippen LogP contribution in [0, 0.1) is 11.3 Å². The van der Waals surface area contributed by atoms with Crippen LogP contribution in [-0.2, 0) is 11.2 Å². The number of benzene rings is 2. The molecule has 1 heterocycles. The van der Waals surface area contributed by atoms with E-state index < -0.39 is 17.6 Å². The predicted molar refractivity (Wildman–Crippen MR) is 125 cm³/mol. The monoisotopic (exact) mass is 480 g/mol. The second-order valence-corrected chi connectivity index (χ2v) is 7.91. The third kappa shape index (κ3) is 5.34. The molecule has 3 aromatic rings. The fourth-order valence-electron chi connectivity index (χ4n) is 3.64. The van der Waals surface area contributed by atoms with Crippen molar-refractivity contribution in [2.45, 2.75) is 18.9 Å². The molecule has 0 bridgehead atoms. The molecule has 1 atom stereocenters. The highest BCUT2D eigenvalue weighted by atomic mass is 35.5. The van der Waals surface area contributed by atoms with Gasteiger partial charge in [0, 0.05) is 35.2 Å². The van der Waals surface area contributed by atoms with E-state index in [0.717, 1.165) is 0 Å². The minimum Gasteiger partial charge on any atom is -0.495 e. The average Bonchev–Trinajstić information content (AvgIpc) is 2.82. The van der Waals surface area contributed by atoms with Crippen LogP contribution in [0.1, 0.15) is 33.9 Å². The third-order valence-electron chi connectivity index (χ3n) is 5.35. The number of aliphatic hydroxyl groups is 1. The molecular formula is C25H21ClN2O6. The first-order valence-corrected chi connectivity index (χ1v) is 10.6. The Kier molecular flexibility index (Phi) is 7.84. The van der Waals surface area contributed by atoms with E-state index in [1.807, 2.05) is 0 Å². The van der Waals surface area contributed by atoms with E-state index >= 15 is 0 Å². The fraction of sp³-hybridized carbons (Fsp3) is 0.200. The van der Waals surface area contributed by atoms with E-state index in [1.54, 1.807) is 12.1 Å². The second-order valence-electron chi connectivity index (χ2n) is 7.48. The molecule has 174 valence electrons. The molecule has 3 rings (SSSR count). The molecule has 0 saturated heterocycles. The van der Waals surface area contributed by atoms with E-state index in [4.69, 9.17) is 21.4 Å². The molecule has 2 N–H and O–H groups in total. The summed E-state index contributed by atoms with van der Waals surface area (Å²) >= 11 is 6.09. The Morgan fingerprint density at radius 3 is 2.44 bits per heavy atom. The number of carbonyl (C=O) groups is 2. The first-order chi connectivity index (χ1) is 16.3. The number of hydrogen-bond donors (Lipinski definition) is 2. The van der Waals surface area contributed by atoms with Gasteiger partial charge in [-0.15, -0.1) is 0 Å². The number of aliphatic hydroxyl groups excluding tert-OH is 1. The highest BCUT2D eigenvalue weighted by Crippen LogP contribution is 2.33. The van der Waals surface area contributed by atoms with Gasteiger partial charge in [-0.1, -0.05) is 23.7 Å². The topological polar surface area (TPSA) is 130 Å². The number of carbonyl (C=O) groups excluding carboxylic acids is 1. The zero-order valence-electron chi connectivity index (χ0n) is 18.2. The number of carboxylic acids is 1. The number of carboxylic acid groups (broad SMARTS) is 1. The Hall–Kier alpha value is -3.93. The van der Waals surface area contributed by atoms with Crippen LogP contribution in [0.2, 0.25) is 5.02 Å². The van der Waals surface area contributed by atoms with Crippen LogP contribution in [-0.4, -0.2) is 40.2 Å². The van der Waals surface area contributed by atoms with Gasteiger partial charge in [0.1, 0.15) is 5.75 Å². The number of Topliss-reactive ketones (excluding diaryl/α,β-unsaturated/α-hetero) is 1. The van der Waals surface area contributed by atoms with Crippen LogP contribution in [0.25, 0.3) is 11.1 Å². The van der Waals surface area contributed by atoms with Gasteiger partial charge < -0.3 is 19.5 Å². The Balaban J connectivity index is 2.01. The van der Waals surface area contributed by atoms with Crippen molar-refractivity contribution in [1.29, 1.82) is 5.26 Å². The van der Waals surface area contributed by atoms with Gasteiger partial charge in [0.05, 0.1) is 36.5 Å². The Bertz CT molecular complexity index is 1320. The summed E-state index contributed by atoms with van der Waals surface area (Å²) in [4.78, 5) is 37.2. The summed E-state index contributed by atoms with van der Waals surface area (Å²) in [6.07, 6.45) is 1.31. The fourth-order valence-corrected chi connectivity index (χ4v) is 3.82. The van der Waals surface area contributed by atoms with Crippen LogP contribution in [0.3, 0.4) is 0 Å². The van der Waals surface area contributed by atoms with Crippen LogP contribution >= 0.6 is 11.6 Å². The molecule has 34 heavy (non-hydrogen) atoms. The molecule has 0 aliphatic heterocycles. The molecule has 9 heteroatoms. The van der Waals surface area contributed by atoms with Crippen molar-refractivity contribution in [3.05, 3.63) is 86.8 Å². The molecule has 8 nitrogen and oxygen atoms in total. The molecule has 0 aliphatic carbocycles. The van der Waals surface area contributed by atoms with Gasteiger partial charge in [-0.2, -0.15) is 5.26 Å². The summed E-state index contributed by atoms with van der Waals surface area (Å²) in [6.45, 7) is -0.336. The summed E-state index contributed by atoms with van der Waals surface area (Å²) in [5, 5.41) is 28.4. The van der Waals surface area contributed by atoms with Gasteiger partial charge in [0.15, 0.2) is 5.78 Å². The van der Waals surface area contributed by atoms with Crippen molar-refractivity contribution in [3.8, 4) is 22.9 Å². The molecule has 2 aromatic carbocycles. The summed E-state index contributed by atoms with van der Waals surface area (Å²) in [6, 6.07) is 12.9. The number of pyridine rings is 1.